The summed E-state index contributed by atoms with van der Waals surface area (Å²) in [5.74, 6) is -0.145. The van der Waals surface area contributed by atoms with Gasteiger partial charge in [-0.3, -0.25) is 0 Å². The van der Waals surface area contributed by atoms with Crippen LogP contribution in [-0.2, 0) is 16.1 Å². The summed E-state index contributed by atoms with van der Waals surface area (Å²) in [6.07, 6.45) is 0.940. The molecule has 0 saturated heterocycles. The van der Waals surface area contributed by atoms with Crippen LogP contribution in [0.25, 0.3) is 10.9 Å². The molecule has 1 atom stereocenters. The highest BCUT2D eigenvalue weighted by atomic mass is 16.6. The lowest BCUT2D eigenvalue weighted by Crippen LogP contribution is -2.41. The van der Waals surface area contributed by atoms with Gasteiger partial charge in [0.15, 0.2) is 5.75 Å². The number of H-pyrrole nitrogens is 1. The van der Waals surface area contributed by atoms with E-state index < -0.39 is 18.1 Å². The summed E-state index contributed by atoms with van der Waals surface area (Å²) in [6, 6.07) is 15.9. The van der Waals surface area contributed by atoms with E-state index in [9.17, 15) is 9.59 Å². The highest BCUT2D eigenvalue weighted by Gasteiger charge is 2.20. The van der Waals surface area contributed by atoms with E-state index in [-0.39, 0.29) is 6.61 Å². The number of benzene rings is 2. The molecule has 0 spiro atoms. The maximum Gasteiger partial charge on any atom is 0.408 e. The number of rotatable bonds is 5. The lowest BCUT2D eigenvalue weighted by Gasteiger charge is -2.13. The molecule has 1 heterocycles. The Morgan fingerprint density at radius 2 is 1.80 bits per heavy atom. The molecule has 3 aromatic rings. The van der Waals surface area contributed by atoms with Gasteiger partial charge in [-0.1, -0.05) is 42.5 Å². The Morgan fingerprint density at radius 3 is 2.60 bits per heavy atom. The van der Waals surface area contributed by atoms with E-state index in [0.29, 0.717) is 5.75 Å². The number of para-hydroxylation sites is 1. The number of amides is 1. The summed E-state index contributed by atoms with van der Waals surface area (Å²) in [6.45, 7) is 1.68. The zero-order chi connectivity index (χ0) is 17.6. The fourth-order valence-electron chi connectivity index (χ4n) is 2.33. The Kier molecular flexibility index (Phi) is 4.99. The number of aromatic amines is 1. The highest BCUT2D eigenvalue weighted by Crippen LogP contribution is 2.25. The quantitative estimate of drug-likeness (QED) is 0.699. The number of nitrogens with one attached hydrogen (secondary N) is 2. The SMILES string of the molecule is C[C@H](NC(=O)OCc1ccccc1)C(=O)Oc1c[nH]c2ccccc12. The molecule has 6 heteroatoms. The van der Waals surface area contributed by atoms with Crippen molar-refractivity contribution >= 4 is 23.0 Å². The number of alkyl carbamates (subject to hydrolysis) is 1. The van der Waals surface area contributed by atoms with Crippen LogP contribution in [0.3, 0.4) is 0 Å². The molecule has 2 N–H and O–H groups in total. The molecule has 3 rings (SSSR count). The van der Waals surface area contributed by atoms with Gasteiger partial charge in [0.2, 0.25) is 0 Å². The summed E-state index contributed by atoms with van der Waals surface area (Å²) in [5.41, 5.74) is 1.74. The number of hydrogen-bond donors (Lipinski definition) is 2. The van der Waals surface area contributed by atoms with Crippen molar-refractivity contribution in [1.82, 2.24) is 10.3 Å². The predicted molar refractivity (Wildman–Crippen MR) is 93.2 cm³/mol. The molecule has 0 bridgehead atoms. The van der Waals surface area contributed by atoms with Gasteiger partial charge in [0, 0.05) is 17.1 Å². The van der Waals surface area contributed by atoms with Crippen molar-refractivity contribution in [3.63, 3.8) is 0 Å². The van der Waals surface area contributed by atoms with E-state index in [2.05, 4.69) is 10.3 Å². The second kappa shape index (κ2) is 7.53. The van der Waals surface area contributed by atoms with Crippen LogP contribution >= 0.6 is 0 Å². The molecule has 0 fully saturated rings. The molecule has 128 valence electrons. The molecule has 0 unspecified atom stereocenters. The minimum absolute atomic E-state index is 0.136. The molecule has 0 aliphatic carbocycles. The monoisotopic (exact) mass is 338 g/mol. The van der Waals surface area contributed by atoms with Crippen LogP contribution in [0.1, 0.15) is 12.5 Å². The Bertz CT molecular complexity index is 873. The minimum Gasteiger partial charge on any atom is -0.445 e. The van der Waals surface area contributed by atoms with Crippen LogP contribution in [0.5, 0.6) is 5.75 Å². The molecule has 0 aliphatic heterocycles. The van der Waals surface area contributed by atoms with E-state index >= 15 is 0 Å². The van der Waals surface area contributed by atoms with Gasteiger partial charge in [-0.15, -0.1) is 0 Å². The Labute approximate surface area is 144 Å². The first-order valence-corrected chi connectivity index (χ1v) is 7.88. The highest BCUT2D eigenvalue weighted by molar-refractivity contribution is 5.90. The topological polar surface area (TPSA) is 80.4 Å². The number of ether oxygens (including phenoxy) is 2. The molecule has 2 aromatic carbocycles. The fourth-order valence-corrected chi connectivity index (χ4v) is 2.33. The third-order valence-electron chi connectivity index (χ3n) is 3.66. The fraction of sp³-hybridized carbons (Fsp3) is 0.158. The van der Waals surface area contributed by atoms with Crippen molar-refractivity contribution in [2.75, 3.05) is 0 Å². The molecular formula is C19H18N2O4. The number of esters is 1. The van der Waals surface area contributed by atoms with Crippen LogP contribution in [-0.4, -0.2) is 23.1 Å². The first-order chi connectivity index (χ1) is 12.1. The number of carbonyl (C=O) groups excluding carboxylic acids is 2. The zero-order valence-corrected chi connectivity index (χ0v) is 13.7. The Balaban J connectivity index is 1.53. The number of aromatic nitrogens is 1. The molecule has 1 aromatic heterocycles. The van der Waals surface area contributed by atoms with Crippen molar-refractivity contribution in [2.45, 2.75) is 19.6 Å². The maximum atomic E-state index is 12.2. The lowest BCUT2D eigenvalue weighted by atomic mass is 10.2. The van der Waals surface area contributed by atoms with Gasteiger partial charge >= 0.3 is 12.1 Å². The summed E-state index contributed by atoms with van der Waals surface area (Å²) in [5, 5.41) is 3.27. The number of hydrogen-bond acceptors (Lipinski definition) is 4. The van der Waals surface area contributed by atoms with Crippen LogP contribution in [0.15, 0.2) is 60.8 Å². The van der Waals surface area contributed by atoms with Gasteiger partial charge < -0.3 is 19.8 Å². The van der Waals surface area contributed by atoms with E-state index in [1.165, 1.54) is 0 Å². The Hall–Kier alpha value is -3.28. The molecule has 1 amide bonds. The largest absolute Gasteiger partial charge is 0.445 e. The van der Waals surface area contributed by atoms with Crippen LogP contribution in [0, 0.1) is 0 Å². The standard InChI is InChI=1S/C19H18N2O4/c1-13(21-19(23)24-12-14-7-3-2-4-8-14)18(22)25-17-11-20-16-10-6-5-9-15(16)17/h2-11,13,20H,12H2,1H3,(H,21,23)/t13-/m0/s1. The average molecular weight is 338 g/mol. The molecular weight excluding hydrogens is 320 g/mol. The average Bonchev–Trinajstić information content (AvgIpc) is 3.04. The van der Waals surface area contributed by atoms with Crippen molar-refractivity contribution in [2.24, 2.45) is 0 Å². The zero-order valence-electron chi connectivity index (χ0n) is 13.7. The molecule has 0 radical (unpaired) electrons. The normalized spacial score (nSPS) is 11.7. The van der Waals surface area contributed by atoms with Crippen molar-refractivity contribution in [3.05, 3.63) is 66.4 Å². The van der Waals surface area contributed by atoms with E-state index in [1.54, 1.807) is 13.1 Å². The first-order valence-electron chi connectivity index (χ1n) is 7.88. The Morgan fingerprint density at radius 1 is 1.08 bits per heavy atom. The lowest BCUT2D eigenvalue weighted by molar-refractivity contribution is -0.136. The molecule has 0 saturated carbocycles. The van der Waals surface area contributed by atoms with Crippen molar-refractivity contribution in [1.29, 1.82) is 0 Å². The smallest absolute Gasteiger partial charge is 0.408 e. The molecule has 25 heavy (non-hydrogen) atoms. The summed E-state index contributed by atoms with van der Waals surface area (Å²) in [4.78, 5) is 27.0. The minimum atomic E-state index is -0.836. The molecule has 6 nitrogen and oxygen atoms in total. The van der Waals surface area contributed by atoms with Crippen LogP contribution in [0.2, 0.25) is 0 Å². The van der Waals surface area contributed by atoms with Gasteiger partial charge in [0.25, 0.3) is 0 Å². The summed E-state index contributed by atoms with van der Waals surface area (Å²) >= 11 is 0. The second-order valence-corrected chi connectivity index (χ2v) is 5.55. The molecule has 0 aliphatic rings. The van der Waals surface area contributed by atoms with Gasteiger partial charge in [-0.25, -0.2) is 9.59 Å². The van der Waals surface area contributed by atoms with Crippen molar-refractivity contribution in [3.8, 4) is 5.75 Å². The van der Waals surface area contributed by atoms with E-state index in [1.807, 2.05) is 54.6 Å². The second-order valence-electron chi connectivity index (χ2n) is 5.55. The number of carbonyl (C=O) groups is 2. The van der Waals surface area contributed by atoms with E-state index in [4.69, 9.17) is 9.47 Å². The first kappa shape index (κ1) is 16.6. The van der Waals surface area contributed by atoms with E-state index in [0.717, 1.165) is 16.5 Å². The predicted octanol–water partition coefficient (Wildman–Crippen LogP) is 3.39. The van der Waals surface area contributed by atoms with Gasteiger partial charge in [0.1, 0.15) is 12.6 Å². The summed E-state index contributed by atoms with van der Waals surface area (Å²) < 4.78 is 10.4. The van der Waals surface area contributed by atoms with Gasteiger partial charge in [-0.05, 0) is 24.6 Å². The number of fused-ring (bicyclic) bond motifs is 1. The summed E-state index contributed by atoms with van der Waals surface area (Å²) in [7, 11) is 0. The van der Waals surface area contributed by atoms with Crippen molar-refractivity contribution < 1.29 is 19.1 Å². The maximum absolute atomic E-state index is 12.2. The third-order valence-corrected chi connectivity index (χ3v) is 3.66. The van der Waals surface area contributed by atoms with Crippen LogP contribution in [0.4, 0.5) is 4.79 Å². The third kappa shape index (κ3) is 4.17. The van der Waals surface area contributed by atoms with Gasteiger partial charge in [-0.2, -0.15) is 0 Å². The van der Waals surface area contributed by atoms with Crippen LogP contribution < -0.4 is 10.1 Å². The van der Waals surface area contributed by atoms with Gasteiger partial charge in [0.05, 0.1) is 0 Å².